The van der Waals surface area contributed by atoms with E-state index in [0.29, 0.717) is 11.7 Å². The molecule has 0 bridgehead atoms. The molecule has 0 aromatic carbocycles. The Labute approximate surface area is 101 Å². The van der Waals surface area contributed by atoms with Crippen LogP contribution in [0.3, 0.4) is 0 Å². The van der Waals surface area contributed by atoms with E-state index in [9.17, 15) is 4.79 Å². The smallest absolute Gasteiger partial charge is 0.242 e. The Morgan fingerprint density at radius 3 is 2.88 bits per heavy atom. The van der Waals surface area contributed by atoms with E-state index >= 15 is 0 Å². The second kappa shape index (κ2) is 5.72. The summed E-state index contributed by atoms with van der Waals surface area (Å²) in [6.07, 6.45) is 10.3. The predicted octanol–water partition coefficient (Wildman–Crippen LogP) is 1.32. The molecule has 0 aliphatic heterocycles. The van der Waals surface area contributed by atoms with Gasteiger partial charge in [0.1, 0.15) is 0 Å². The zero-order valence-electron chi connectivity index (χ0n) is 9.80. The van der Waals surface area contributed by atoms with Crippen LogP contribution in [0, 0.1) is 5.92 Å². The van der Waals surface area contributed by atoms with E-state index in [2.05, 4.69) is 15.3 Å². The largest absolute Gasteiger partial charge is 0.320 e. The molecule has 2 rings (SSSR count). The fourth-order valence-corrected chi connectivity index (χ4v) is 2.29. The van der Waals surface area contributed by atoms with E-state index in [1.54, 1.807) is 6.20 Å². The number of amides is 1. The minimum Gasteiger partial charge on any atom is -0.320 e. The maximum atomic E-state index is 11.8. The van der Waals surface area contributed by atoms with Gasteiger partial charge in [0.05, 0.1) is 12.2 Å². The van der Waals surface area contributed by atoms with Gasteiger partial charge in [0.25, 0.3) is 0 Å². The van der Waals surface area contributed by atoms with Crippen LogP contribution < -0.4 is 11.1 Å². The van der Waals surface area contributed by atoms with Gasteiger partial charge in [-0.3, -0.25) is 9.78 Å². The highest BCUT2D eigenvalue weighted by Crippen LogP contribution is 2.28. The van der Waals surface area contributed by atoms with Gasteiger partial charge in [-0.05, 0) is 12.3 Å². The highest BCUT2D eigenvalue weighted by molar-refractivity contribution is 5.93. The molecule has 0 radical (unpaired) electrons. The number of anilines is 1. The van der Waals surface area contributed by atoms with Gasteiger partial charge in [-0.2, -0.15) is 0 Å². The van der Waals surface area contributed by atoms with Crippen molar-refractivity contribution in [1.82, 2.24) is 9.97 Å². The predicted molar refractivity (Wildman–Crippen MR) is 65.2 cm³/mol. The Bertz CT molecular complexity index is 362. The second-order valence-corrected chi connectivity index (χ2v) is 4.57. The Morgan fingerprint density at radius 2 is 2.24 bits per heavy atom. The average molecular weight is 234 g/mol. The van der Waals surface area contributed by atoms with Crippen LogP contribution in [0.4, 0.5) is 5.82 Å². The zero-order valence-corrected chi connectivity index (χ0v) is 9.80. The molecule has 3 N–H and O–H groups in total. The lowest BCUT2D eigenvalue weighted by Crippen LogP contribution is -2.37. The number of aromatic nitrogens is 2. The van der Waals surface area contributed by atoms with Crippen molar-refractivity contribution in [2.24, 2.45) is 11.7 Å². The minimum atomic E-state index is -0.444. The third kappa shape index (κ3) is 3.49. The van der Waals surface area contributed by atoms with E-state index in [4.69, 9.17) is 5.73 Å². The fourth-order valence-electron chi connectivity index (χ4n) is 2.29. The van der Waals surface area contributed by atoms with Crippen molar-refractivity contribution < 1.29 is 4.79 Å². The van der Waals surface area contributed by atoms with Crippen LogP contribution in [-0.4, -0.2) is 21.9 Å². The first-order chi connectivity index (χ1) is 8.25. The van der Waals surface area contributed by atoms with Gasteiger partial charge < -0.3 is 11.1 Å². The number of nitrogens with zero attached hydrogens (tertiary/aromatic N) is 2. The number of hydrogen-bond donors (Lipinski definition) is 2. The molecule has 1 aliphatic carbocycles. The summed E-state index contributed by atoms with van der Waals surface area (Å²) in [6.45, 7) is 0. The molecule has 1 aliphatic rings. The molecule has 0 unspecified atom stereocenters. The molecule has 1 fully saturated rings. The van der Waals surface area contributed by atoms with Crippen molar-refractivity contribution in [3.8, 4) is 0 Å². The normalized spacial score (nSPS) is 17.9. The second-order valence-electron chi connectivity index (χ2n) is 4.57. The molecule has 0 spiro atoms. The molecule has 1 atom stereocenters. The lowest BCUT2D eigenvalue weighted by Gasteiger charge is -2.15. The van der Waals surface area contributed by atoms with Crippen molar-refractivity contribution in [3.63, 3.8) is 0 Å². The molecule has 92 valence electrons. The van der Waals surface area contributed by atoms with Crippen LogP contribution >= 0.6 is 0 Å². The van der Waals surface area contributed by atoms with Gasteiger partial charge in [-0.1, -0.05) is 25.7 Å². The van der Waals surface area contributed by atoms with Gasteiger partial charge >= 0.3 is 0 Å². The molecule has 1 heterocycles. The van der Waals surface area contributed by atoms with E-state index in [0.717, 1.165) is 6.42 Å². The van der Waals surface area contributed by atoms with Gasteiger partial charge in [0.2, 0.25) is 5.91 Å². The molecular weight excluding hydrogens is 216 g/mol. The summed E-state index contributed by atoms with van der Waals surface area (Å²) in [5, 5.41) is 2.68. The average Bonchev–Trinajstić information content (AvgIpc) is 2.83. The van der Waals surface area contributed by atoms with Gasteiger partial charge in [0, 0.05) is 12.4 Å². The summed E-state index contributed by atoms with van der Waals surface area (Å²) < 4.78 is 0. The third-order valence-corrected chi connectivity index (χ3v) is 3.21. The van der Waals surface area contributed by atoms with E-state index in [1.807, 2.05) is 0 Å². The Balaban J connectivity index is 1.82. The molecule has 1 aromatic rings. The third-order valence-electron chi connectivity index (χ3n) is 3.21. The monoisotopic (exact) mass is 234 g/mol. The Morgan fingerprint density at radius 1 is 1.47 bits per heavy atom. The van der Waals surface area contributed by atoms with Crippen LogP contribution in [0.2, 0.25) is 0 Å². The van der Waals surface area contributed by atoms with E-state index < -0.39 is 6.04 Å². The van der Waals surface area contributed by atoms with Gasteiger partial charge in [-0.25, -0.2) is 4.98 Å². The molecule has 1 amide bonds. The number of nitrogens with two attached hydrogens (primary N) is 1. The zero-order chi connectivity index (χ0) is 12.1. The molecule has 0 saturated heterocycles. The van der Waals surface area contributed by atoms with Crippen LogP contribution in [0.5, 0.6) is 0 Å². The van der Waals surface area contributed by atoms with Crippen molar-refractivity contribution in [3.05, 3.63) is 18.6 Å². The van der Waals surface area contributed by atoms with Gasteiger partial charge in [-0.15, -0.1) is 0 Å². The summed E-state index contributed by atoms with van der Waals surface area (Å²) in [5.74, 6) is 0.898. The standard InChI is InChI=1S/C12H18N4O/c13-10(7-9-3-1-2-4-9)12(17)16-11-8-14-5-6-15-11/h5-6,8-10H,1-4,7,13H2,(H,15,16,17)/t10-/m0/s1. The lowest BCUT2D eigenvalue weighted by atomic mass is 9.98. The number of rotatable bonds is 4. The van der Waals surface area contributed by atoms with Crippen LogP contribution in [0.25, 0.3) is 0 Å². The summed E-state index contributed by atoms with van der Waals surface area (Å²) in [6, 6.07) is -0.444. The number of hydrogen-bond acceptors (Lipinski definition) is 4. The van der Waals surface area contributed by atoms with E-state index in [-0.39, 0.29) is 5.91 Å². The molecule has 5 heteroatoms. The molecule has 17 heavy (non-hydrogen) atoms. The molecular formula is C12H18N4O. The molecule has 1 saturated carbocycles. The van der Waals surface area contributed by atoms with Crippen molar-refractivity contribution in [2.75, 3.05) is 5.32 Å². The van der Waals surface area contributed by atoms with Crippen LogP contribution in [-0.2, 0) is 4.79 Å². The number of carbonyl (C=O) groups is 1. The maximum absolute atomic E-state index is 11.8. The lowest BCUT2D eigenvalue weighted by molar-refractivity contribution is -0.117. The quantitative estimate of drug-likeness (QED) is 0.823. The molecule has 5 nitrogen and oxygen atoms in total. The Kier molecular flexibility index (Phi) is 4.03. The van der Waals surface area contributed by atoms with Crippen molar-refractivity contribution in [1.29, 1.82) is 0 Å². The Hall–Kier alpha value is -1.49. The highest BCUT2D eigenvalue weighted by atomic mass is 16.2. The number of nitrogens with one attached hydrogen (secondary N) is 1. The summed E-state index contributed by atoms with van der Waals surface area (Å²) in [4.78, 5) is 19.7. The van der Waals surface area contributed by atoms with Crippen LogP contribution in [0.15, 0.2) is 18.6 Å². The van der Waals surface area contributed by atoms with E-state index in [1.165, 1.54) is 38.1 Å². The summed E-state index contributed by atoms with van der Waals surface area (Å²) >= 11 is 0. The van der Waals surface area contributed by atoms with Crippen molar-refractivity contribution in [2.45, 2.75) is 38.1 Å². The van der Waals surface area contributed by atoms with Crippen LogP contribution in [0.1, 0.15) is 32.1 Å². The topological polar surface area (TPSA) is 80.9 Å². The SMILES string of the molecule is N[C@@H](CC1CCCC1)C(=O)Nc1cnccn1. The fraction of sp³-hybridized carbons (Fsp3) is 0.583. The van der Waals surface area contributed by atoms with Gasteiger partial charge in [0.15, 0.2) is 5.82 Å². The maximum Gasteiger partial charge on any atom is 0.242 e. The number of carbonyl (C=O) groups excluding carboxylic acids is 1. The van der Waals surface area contributed by atoms with Crippen molar-refractivity contribution >= 4 is 11.7 Å². The summed E-state index contributed by atoms with van der Waals surface area (Å²) in [7, 11) is 0. The highest BCUT2D eigenvalue weighted by Gasteiger charge is 2.22. The first kappa shape index (κ1) is 12.0. The first-order valence-electron chi connectivity index (χ1n) is 6.08. The summed E-state index contributed by atoms with van der Waals surface area (Å²) in [5.41, 5.74) is 5.88. The molecule has 1 aromatic heterocycles. The first-order valence-corrected chi connectivity index (χ1v) is 6.08. The minimum absolute atomic E-state index is 0.169.